The first-order valence-electron chi connectivity index (χ1n) is 8.24. The molecule has 0 radical (unpaired) electrons. The Balaban J connectivity index is 1.74. The summed E-state index contributed by atoms with van der Waals surface area (Å²) in [6.07, 6.45) is 7.78. The number of benzene rings is 1. The van der Waals surface area contributed by atoms with Gasteiger partial charge in [0.2, 0.25) is 0 Å². The van der Waals surface area contributed by atoms with Gasteiger partial charge in [0.15, 0.2) is 0 Å². The molecule has 2 nitrogen and oxygen atoms in total. The maximum atomic E-state index is 3.80. The average molecular weight is 305 g/mol. The fourth-order valence-corrected chi connectivity index (χ4v) is 4.80. The van der Waals surface area contributed by atoms with Crippen LogP contribution in [0.2, 0.25) is 0 Å². The van der Waals surface area contributed by atoms with E-state index in [1.165, 1.54) is 44.3 Å². The molecular weight excluding hydrogens is 276 g/mol. The first kappa shape index (κ1) is 15.4. The Morgan fingerprint density at radius 3 is 2.57 bits per heavy atom. The number of rotatable bonds is 4. The predicted molar refractivity (Wildman–Crippen MR) is 93.0 cm³/mol. The van der Waals surface area contributed by atoms with Crippen LogP contribution in [0, 0.1) is 0 Å². The second-order valence-corrected chi connectivity index (χ2v) is 8.20. The van der Waals surface area contributed by atoms with Crippen LogP contribution in [0.15, 0.2) is 30.3 Å². The molecule has 0 amide bonds. The fourth-order valence-electron chi connectivity index (χ4n) is 3.79. The molecule has 2 fully saturated rings. The van der Waals surface area contributed by atoms with Crippen LogP contribution in [0.4, 0.5) is 0 Å². The van der Waals surface area contributed by atoms with Crippen molar-refractivity contribution in [2.24, 2.45) is 0 Å². The molecule has 1 aromatic rings. The van der Waals surface area contributed by atoms with Crippen LogP contribution in [-0.4, -0.2) is 42.1 Å². The lowest BCUT2D eigenvalue weighted by Gasteiger charge is -2.45. The van der Waals surface area contributed by atoms with Gasteiger partial charge >= 0.3 is 0 Å². The van der Waals surface area contributed by atoms with Crippen molar-refractivity contribution in [3.63, 3.8) is 0 Å². The minimum atomic E-state index is 0.0844. The molecule has 1 N–H and O–H groups in total. The molecule has 116 valence electrons. The third-order valence-corrected chi connectivity index (χ3v) is 6.73. The Hall–Kier alpha value is -0.510. The van der Waals surface area contributed by atoms with E-state index >= 15 is 0 Å². The van der Waals surface area contributed by atoms with E-state index in [9.17, 15) is 0 Å². The Morgan fingerprint density at radius 2 is 1.95 bits per heavy atom. The molecule has 1 aliphatic heterocycles. The number of hydrogen-bond donors (Lipinski definition) is 1. The number of nitrogens with zero attached hydrogens (tertiary/aromatic N) is 1. The first-order chi connectivity index (χ1) is 10.2. The molecular formula is C18H28N2S. The zero-order valence-corrected chi connectivity index (χ0v) is 14.2. The van der Waals surface area contributed by atoms with Crippen molar-refractivity contribution < 1.29 is 0 Å². The smallest absolute Gasteiger partial charge is 0.0534 e. The summed E-state index contributed by atoms with van der Waals surface area (Å²) < 4.78 is 0.544. The third kappa shape index (κ3) is 3.30. The standard InChI is InChI=1S/C18H28N2S/c1-17(16-8-4-3-5-9-16)14-20(13-7-12-19-17)15-18(21-2)10-6-11-18/h3-5,8-9,19H,6-7,10-15H2,1-2H3. The molecule has 0 bridgehead atoms. The monoisotopic (exact) mass is 304 g/mol. The second-order valence-electron chi connectivity index (χ2n) is 6.93. The van der Waals surface area contributed by atoms with Crippen molar-refractivity contribution in [2.75, 3.05) is 32.4 Å². The van der Waals surface area contributed by atoms with Gasteiger partial charge in [-0.25, -0.2) is 0 Å². The fraction of sp³-hybridized carbons (Fsp3) is 0.667. The Morgan fingerprint density at radius 1 is 1.19 bits per heavy atom. The SMILES string of the molecule is CSC1(CN2CCCNC(C)(c3ccccc3)C2)CCC1. The van der Waals surface area contributed by atoms with Gasteiger partial charge in [-0.15, -0.1) is 0 Å². The molecule has 1 atom stereocenters. The van der Waals surface area contributed by atoms with Gasteiger partial charge in [0.25, 0.3) is 0 Å². The van der Waals surface area contributed by atoms with Crippen molar-refractivity contribution in [1.29, 1.82) is 0 Å². The van der Waals surface area contributed by atoms with Crippen LogP contribution in [-0.2, 0) is 5.54 Å². The van der Waals surface area contributed by atoms with Gasteiger partial charge in [-0.2, -0.15) is 11.8 Å². The minimum Gasteiger partial charge on any atom is -0.307 e. The lowest BCUT2D eigenvalue weighted by molar-refractivity contribution is 0.173. The quantitative estimate of drug-likeness (QED) is 0.917. The van der Waals surface area contributed by atoms with E-state index in [1.807, 2.05) is 0 Å². The summed E-state index contributed by atoms with van der Waals surface area (Å²) in [4.78, 5) is 2.71. The third-order valence-electron chi connectivity index (χ3n) is 5.33. The second kappa shape index (κ2) is 6.31. The highest BCUT2D eigenvalue weighted by Crippen LogP contribution is 2.43. The van der Waals surface area contributed by atoms with Crippen molar-refractivity contribution in [3.8, 4) is 0 Å². The first-order valence-corrected chi connectivity index (χ1v) is 9.46. The Kier molecular flexibility index (Phi) is 4.63. The zero-order valence-electron chi connectivity index (χ0n) is 13.4. The number of nitrogens with one attached hydrogen (secondary N) is 1. The van der Waals surface area contributed by atoms with Gasteiger partial charge in [0.1, 0.15) is 0 Å². The zero-order chi connectivity index (χ0) is 14.8. The van der Waals surface area contributed by atoms with Gasteiger partial charge in [-0.05, 0) is 51.1 Å². The van der Waals surface area contributed by atoms with Gasteiger partial charge in [0, 0.05) is 17.8 Å². The minimum absolute atomic E-state index is 0.0844. The maximum absolute atomic E-state index is 3.80. The number of hydrogen-bond acceptors (Lipinski definition) is 3. The number of thioether (sulfide) groups is 1. The van der Waals surface area contributed by atoms with E-state index in [-0.39, 0.29) is 5.54 Å². The molecule has 3 rings (SSSR count). The van der Waals surface area contributed by atoms with Crippen LogP contribution in [0.25, 0.3) is 0 Å². The van der Waals surface area contributed by atoms with Crippen LogP contribution < -0.4 is 5.32 Å². The van der Waals surface area contributed by atoms with Crippen molar-refractivity contribution >= 4 is 11.8 Å². The molecule has 1 aromatic carbocycles. The lowest BCUT2D eigenvalue weighted by atomic mass is 9.83. The molecule has 1 unspecified atom stereocenters. The maximum Gasteiger partial charge on any atom is 0.0534 e. The summed E-state index contributed by atoms with van der Waals surface area (Å²) >= 11 is 2.09. The highest BCUT2D eigenvalue weighted by molar-refractivity contribution is 8.00. The predicted octanol–water partition coefficient (Wildman–Crippen LogP) is 3.48. The topological polar surface area (TPSA) is 15.3 Å². The lowest BCUT2D eigenvalue weighted by Crippen LogP contribution is -2.51. The molecule has 1 heterocycles. The van der Waals surface area contributed by atoms with E-state index in [0.717, 1.165) is 13.1 Å². The highest BCUT2D eigenvalue weighted by atomic mass is 32.2. The summed E-state index contributed by atoms with van der Waals surface area (Å²) in [6, 6.07) is 11.0. The van der Waals surface area contributed by atoms with Crippen molar-refractivity contribution in [3.05, 3.63) is 35.9 Å². The average Bonchev–Trinajstić information content (AvgIpc) is 2.66. The largest absolute Gasteiger partial charge is 0.307 e. The van der Waals surface area contributed by atoms with Crippen LogP contribution in [0.5, 0.6) is 0 Å². The van der Waals surface area contributed by atoms with E-state index < -0.39 is 0 Å². The van der Waals surface area contributed by atoms with Crippen LogP contribution in [0.3, 0.4) is 0 Å². The van der Waals surface area contributed by atoms with E-state index in [0.29, 0.717) is 4.75 Å². The van der Waals surface area contributed by atoms with E-state index in [4.69, 9.17) is 0 Å². The summed E-state index contributed by atoms with van der Waals surface area (Å²) in [5, 5.41) is 3.80. The molecule has 1 aliphatic carbocycles. The normalized spacial score (nSPS) is 29.6. The van der Waals surface area contributed by atoms with Crippen molar-refractivity contribution in [2.45, 2.75) is 42.9 Å². The van der Waals surface area contributed by atoms with Crippen LogP contribution in [0.1, 0.15) is 38.2 Å². The molecule has 21 heavy (non-hydrogen) atoms. The molecule has 1 saturated carbocycles. The molecule has 2 aliphatic rings. The van der Waals surface area contributed by atoms with E-state index in [1.54, 1.807) is 0 Å². The molecule has 1 saturated heterocycles. The summed E-state index contributed by atoms with van der Waals surface area (Å²) in [5.74, 6) is 0. The molecule has 0 aromatic heterocycles. The Labute approximate surface area is 133 Å². The molecule has 0 spiro atoms. The molecule has 3 heteroatoms. The van der Waals surface area contributed by atoms with Gasteiger partial charge in [-0.1, -0.05) is 36.8 Å². The van der Waals surface area contributed by atoms with Crippen LogP contribution >= 0.6 is 11.8 Å². The summed E-state index contributed by atoms with van der Waals surface area (Å²) in [6.45, 7) is 7.11. The summed E-state index contributed by atoms with van der Waals surface area (Å²) in [7, 11) is 0. The highest BCUT2D eigenvalue weighted by Gasteiger charge is 2.40. The van der Waals surface area contributed by atoms with Gasteiger partial charge in [-0.3, -0.25) is 4.90 Å². The van der Waals surface area contributed by atoms with E-state index in [2.05, 4.69) is 65.5 Å². The van der Waals surface area contributed by atoms with Gasteiger partial charge in [0.05, 0.1) is 5.54 Å². The Bertz CT molecular complexity index is 452. The van der Waals surface area contributed by atoms with Gasteiger partial charge < -0.3 is 5.32 Å². The summed E-state index contributed by atoms with van der Waals surface area (Å²) in [5.41, 5.74) is 1.50. The van der Waals surface area contributed by atoms with Crippen molar-refractivity contribution in [1.82, 2.24) is 10.2 Å².